The molecular weight excluding hydrogens is 316 g/mol. The molecule has 1 aliphatic heterocycles. The Kier molecular flexibility index (Phi) is 5.54. The van der Waals surface area contributed by atoms with Crippen LogP contribution in [0.4, 0.5) is 0 Å². The van der Waals surface area contributed by atoms with E-state index in [1.54, 1.807) is 6.08 Å². The van der Waals surface area contributed by atoms with Gasteiger partial charge in [-0.1, -0.05) is 24.3 Å². The molecular formula is C16H20N2O4S. The molecule has 23 heavy (non-hydrogen) atoms. The third-order valence-electron chi connectivity index (χ3n) is 3.73. The maximum atomic E-state index is 11.7. The van der Waals surface area contributed by atoms with Crippen LogP contribution in [0.15, 0.2) is 30.3 Å². The van der Waals surface area contributed by atoms with Gasteiger partial charge in [0.25, 0.3) is 5.91 Å². The molecule has 0 aromatic heterocycles. The number of carbonyl (C=O) groups is 2. The van der Waals surface area contributed by atoms with Crippen molar-refractivity contribution in [1.29, 1.82) is 0 Å². The summed E-state index contributed by atoms with van der Waals surface area (Å²) in [6.07, 6.45) is 3.60. The zero-order chi connectivity index (χ0) is 16.9. The van der Waals surface area contributed by atoms with Gasteiger partial charge in [0.15, 0.2) is 9.84 Å². The van der Waals surface area contributed by atoms with Crippen molar-refractivity contribution >= 4 is 27.7 Å². The highest BCUT2D eigenvalue weighted by atomic mass is 32.2. The topological polar surface area (TPSA) is 92.3 Å². The van der Waals surface area contributed by atoms with Gasteiger partial charge in [0.1, 0.15) is 0 Å². The molecule has 0 aliphatic carbocycles. The van der Waals surface area contributed by atoms with E-state index in [1.165, 1.54) is 6.08 Å². The van der Waals surface area contributed by atoms with Crippen LogP contribution in [0.1, 0.15) is 24.0 Å². The lowest BCUT2D eigenvalue weighted by atomic mass is 10.1. The summed E-state index contributed by atoms with van der Waals surface area (Å²) in [5, 5.41) is 0. The summed E-state index contributed by atoms with van der Waals surface area (Å²) < 4.78 is 22.7. The molecule has 1 atom stereocenters. The van der Waals surface area contributed by atoms with E-state index in [-0.39, 0.29) is 29.8 Å². The van der Waals surface area contributed by atoms with Crippen LogP contribution in [0.2, 0.25) is 0 Å². The molecule has 2 rings (SSSR count). The Morgan fingerprint density at radius 3 is 2.65 bits per heavy atom. The zero-order valence-electron chi connectivity index (χ0n) is 12.9. The van der Waals surface area contributed by atoms with Crippen LogP contribution in [0.3, 0.4) is 0 Å². The number of hydrogen-bond donors (Lipinski definition) is 2. The summed E-state index contributed by atoms with van der Waals surface area (Å²) in [5.74, 6) is -0.817. The van der Waals surface area contributed by atoms with Crippen LogP contribution >= 0.6 is 0 Å². The molecule has 1 fully saturated rings. The van der Waals surface area contributed by atoms with E-state index >= 15 is 0 Å². The third-order valence-corrected chi connectivity index (χ3v) is 5.57. The fraction of sp³-hybridized carbons (Fsp3) is 0.375. The maximum absolute atomic E-state index is 11.7. The summed E-state index contributed by atoms with van der Waals surface area (Å²) in [6, 6.07) is 7.62. The fourth-order valence-corrected chi connectivity index (χ4v) is 4.32. The maximum Gasteiger partial charge on any atom is 0.262 e. The van der Waals surface area contributed by atoms with Crippen LogP contribution < -0.4 is 10.9 Å². The average molecular weight is 336 g/mol. The van der Waals surface area contributed by atoms with Crippen molar-refractivity contribution in [2.45, 2.75) is 19.8 Å². The van der Waals surface area contributed by atoms with E-state index in [0.29, 0.717) is 6.42 Å². The number of hydrogen-bond acceptors (Lipinski definition) is 4. The summed E-state index contributed by atoms with van der Waals surface area (Å²) >= 11 is 0. The number of carbonyl (C=O) groups excluding carboxylic acids is 2. The predicted molar refractivity (Wildman–Crippen MR) is 87.9 cm³/mol. The van der Waals surface area contributed by atoms with E-state index in [4.69, 9.17) is 0 Å². The van der Waals surface area contributed by atoms with Gasteiger partial charge in [-0.05, 0) is 36.5 Å². The number of rotatable bonds is 4. The molecule has 0 radical (unpaired) electrons. The van der Waals surface area contributed by atoms with Gasteiger partial charge in [0.05, 0.1) is 11.5 Å². The van der Waals surface area contributed by atoms with Gasteiger partial charge in [-0.3, -0.25) is 20.4 Å². The summed E-state index contributed by atoms with van der Waals surface area (Å²) in [4.78, 5) is 23.4. The van der Waals surface area contributed by atoms with Gasteiger partial charge < -0.3 is 0 Å². The second-order valence-electron chi connectivity index (χ2n) is 5.70. The minimum atomic E-state index is -2.99. The van der Waals surface area contributed by atoms with E-state index in [1.807, 2.05) is 31.2 Å². The summed E-state index contributed by atoms with van der Waals surface area (Å²) in [5.41, 5.74) is 6.56. The normalized spacial score (nSPS) is 19.6. The number of sulfone groups is 1. The molecule has 0 spiro atoms. The number of amides is 2. The van der Waals surface area contributed by atoms with Crippen molar-refractivity contribution < 1.29 is 18.0 Å². The molecule has 0 unspecified atom stereocenters. The van der Waals surface area contributed by atoms with Gasteiger partial charge in [-0.25, -0.2) is 8.42 Å². The largest absolute Gasteiger partial charge is 0.273 e. The molecule has 2 amide bonds. The number of nitrogens with one attached hydrogen (secondary N) is 2. The van der Waals surface area contributed by atoms with Crippen molar-refractivity contribution in [3.8, 4) is 0 Å². The lowest BCUT2D eigenvalue weighted by Gasteiger charge is -2.08. The van der Waals surface area contributed by atoms with Crippen LogP contribution in [0.25, 0.3) is 6.08 Å². The van der Waals surface area contributed by atoms with Gasteiger partial charge in [0.2, 0.25) is 5.91 Å². The Labute approximate surface area is 135 Å². The first kappa shape index (κ1) is 17.2. The molecule has 1 aromatic rings. The molecule has 7 heteroatoms. The quantitative estimate of drug-likeness (QED) is 0.633. The monoisotopic (exact) mass is 336 g/mol. The van der Waals surface area contributed by atoms with Gasteiger partial charge in [-0.2, -0.15) is 0 Å². The summed E-state index contributed by atoms with van der Waals surface area (Å²) in [6.45, 7) is 1.94. The van der Waals surface area contributed by atoms with Crippen molar-refractivity contribution in [2.24, 2.45) is 5.92 Å². The minimum Gasteiger partial charge on any atom is -0.273 e. The molecule has 1 aliphatic rings. The molecule has 1 heterocycles. The first-order valence-corrected chi connectivity index (χ1v) is 9.21. The van der Waals surface area contributed by atoms with E-state index in [9.17, 15) is 18.0 Å². The fourth-order valence-electron chi connectivity index (χ4n) is 2.46. The Morgan fingerprint density at radius 2 is 2.00 bits per heavy atom. The molecule has 0 saturated carbocycles. The van der Waals surface area contributed by atoms with Crippen LogP contribution in [0, 0.1) is 12.8 Å². The average Bonchev–Trinajstić information content (AvgIpc) is 2.83. The molecule has 1 aromatic carbocycles. The van der Waals surface area contributed by atoms with Gasteiger partial charge >= 0.3 is 0 Å². The first-order chi connectivity index (χ1) is 10.9. The Balaban J connectivity index is 1.76. The molecule has 0 bridgehead atoms. The predicted octanol–water partition coefficient (Wildman–Crippen LogP) is 0.980. The van der Waals surface area contributed by atoms with Crippen molar-refractivity contribution in [2.75, 3.05) is 11.5 Å². The van der Waals surface area contributed by atoms with Crippen LogP contribution in [0.5, 0.6) is 0 Å². The van der Waals surface area contributed by atoms with Gasteiger partial charge in [-0.15, -0.1) is 0 Å². The lowest BCUT2D eigenvalue weighted by molar-refractivity contribution is -0.127. The van der Waals surface area contributed by atoms with E-state index in [2.05, 4.69) is 10.9 Å². The number of aryl methyl sites for hydroxylation is 1. The Bertz CT molecular complexity index is 725. The Hall–Kier alpha value is -2.15. The number of benzene rings is 1. The van der Waals surface area contributed by atoms with Crippen molar-refractivity contribution in [1.82, 2.24) is 10.9 Å². The van der Waals surface area contributed by atoms with E-state index in [0.717, 1.165) is 11.1 Å². The van der Waals surface area contributed by atoms with Crippen molar-refractivity contribution in [3.63, 3.8) is 0 Å². The first-order valence-electron chi connectivity index (χ1n) is 7.39. The van der Waals surface area contributed by atoms with Crippen LogP contribution in [-0.2, 0) is 19.4 Å². The second kappa shape index (κ2) is 7.41. The van der Waals surface area contributed by atoms with E-state index < -0.39 is 15.7 Å². The van der Waals surface area contributed by atoms with Crippen LogP contribution in [-0.4, -0.2) is 31.7 Å². The second-order valence-corrected chi connectivity index (χ2v) is 7.93. The zero-order valence-corrected chi connectivity index (χ0v) is 13.7. The molecule has 1 saturated heterocycles. The highest BCUT2D eigenvalue weighted by Gasteiger charge is 2.29. The summed E-state index contributed by atoms with van der Waals surface area (Å²) in [7, 11) is -2.99. The van der Waals surface area contributed by atoms with Gasteiger partial charge in [0, 0.05) is 12.5 Å². The smallest absolute Gasteiger partial charge is 0.262 e. The lowest BCUT2D eigenvalue weighted by Crippen LogP contribution is -2.41. The molecule has 2 N–H and O–H groups in total. The minimum absolute atomic E-state index is 0.0432. The Morgan fingerprint density at radius 1 is 1.26 bits per heavy atom. The third kappa shape index (κ3) is 5.52. The number of hydrazine groups is 1. The highest BCUT2D eigenvalue weighted by molar-refractivity contribution is 7.91. The molecule has 6 nitrogen and oxygen atoms in total. The molecule has 124 valence electrons. The SMILES string of the molecule is Cc1ccccc1/C=C/C(=O)NNC(=O)C[C@@H]1CCS(=O)(=O)C1. The highest BCUT2D eigenvalue weighted by Crippen LogP contribution is 2.21. The standard InChI is InChI=1S/C16H20N2O4S/c1-12-4-2-3-5-14(12)6-7-15(19)17-18-16(20)10-13-8-9-23(21,22)11-13/h2-7,13H,8-11H2,1H3,(H,17,19)(H,18,20)/b7-6+/t13-/m0/s1. The van der Waals surface area contributed by atoms with Crippen molar-refractivity contribution in [3.05, 3.63) is 41.5 Å².